The van der Waals surface area contributed by atoms with Crippen LogP contribution in [0.15, 0.2) is 30.3 Å². The van der Waals surface area contributed by atoms with Crippen LogP contribution < -0.4 is 11.1 Å². The quantitative estimate of drug-likeness (QED) is 0.839. The molecule has 4 nitrogen and oxygen atoms in total. The highest BCUT2D eigenvalue weighted by molar-refractivity contribution is 5.79. The second-order valence-corrected chi connectivity index (χ2v) is 6.26. The second kappa shape index (κ2) is 7.57. The van der Waals surface area contributed by atoms with Gasteiger partial charge in [-0.05, 0) is 38.8 Å². The highest BCUT2D eigenvalue weighted by Crippen LogP contribution is 2.24. The van der Waals surface area contributed by atoms with Gasteiger partial charge in [-0.3, -0.25) is 9.69 Å². The molecule has 0 bridgehead atoms. The van der Waals surface area contributed by atoms with E-state index in [2.05, 4.69) is 48.5 Å². The van der Waals surface area contributed by atoms with Crippen molar-refractivity contribution < 1.29 is 4.79 Å². The van der Waals surface area contributed by atoms with Gasteiger partial charge in [-0.25, -0.2) is 0 Å². The van der Waals surface area contributed by atoms with E-state index < -0.39 is 0 Å². The average molecular weight is 289 g/mol. The fourth-order valence-corrected chi connectivity index (χ4v) is 2.83. The van der Waals surface area contributed by atoms with E-state index in [4.69, 9.17) is 5.73 Å². The van der Waals surface area contributed by atoms with E-state index in [-0.39, 0.29) is 17.9 Å². The molecule has 3 unspecified atom stereocenters. The molecule has 2 rings (SSSR count). The minimum atomic E-state index is 0.117. The Morgan fingerprint density at radius 1 is 1.38 bits per heavy atom. The van der Waals surface area contributed by atoms with Crippen molar-refractivity contribution in [2.75, 3.05) is 13.6 Å². The zero-order valence-electron chi connectivity index (χ0n) is 13.1. The molecule has 0 radical (unpaired) electrons. The second-order valence-electron chi connectivity index (χ2n) is 6.26. The van der Waals surface area contributed by atoms with E-state index in [0.29, 0.717) is 12.6 Å². The van der Waals surface area contributed by atoms with Crippen LogP contribution in [0.4, 0.5) is 0 Å². The van der Waals surface area contributed by atoms with E-state index in [9.17, 15) is 4.79 Å². The maximum Gasteiger partial charge on any atom is 0.223 e. The molecule has 4 heteroatoms. The molecule has 21 heavy (non-hydrogen) atoms. The lowest BCUT2D eigenvalue weighted by atomic mass is 10.1. The summed E-state index contributed by atoms with van der Waals surface area (Å²) in [6, 6.07) is 10.9. The molecule has 1 aliphatic carbocycles. The number of benzene rings is 1. The maximum absolute atomic E-state index is 12.1. The molecule has 3 atom stereocenters. The third kappa shape index (κ3) is 4.83. The van der Waals surface area contributed by atoms with Gasteiger partial charge in [0.25, 0.3) is 0 Å². The minimum Gasteiger partial charge on any atom is -0.354 e. The van der Waals surface area contributed by atoms with Crippen LogP contribution >= 0.6 is 0 Å². The van der Waals surface area contributed by atoms with Gasteiger partial charge >= 0.3 is 0 Å². The third-order valence-corrected chi connectivity index (χ3v) is 4.44. The summed E-state index contributed by atoms with van der Waals surface area (Å²) in [5.74, 6) is 0.287. The number of nitrogens with two attached hydrogens (primary N) is 1. The highest BCUT2D eigenvalue weighted by Gasteiger charge is 2.27. The van der Waals surface area contributed by atoms with Crippen molar-refractivity contribution in [3.05, 3.63) is 35.9 Å². The number of rotatable bonds is 6. The molecule has 0 aliphatic heterocycles. The predicted octanol–water partition coefficient (Wildman–Crippen LogP) is 1.75. The molecular formula is C17H27N3O. The number of nitrogens with one attached hydrogen (secondary N) is 1. The van der Waals surface area contributed by atoms with Crippen LogP contribution in [0, 0.1) is 5.92 Å². The van der Waals surface area contributed by atoms with Crippen molar-refractivity contribution >= 4 is 5.91 Å². The van der Waals surface area contributed by atoms with E-state index in [1.54, 1.807) is 0 Å². The summed E-state index contributed by atoms with van der Waals surface area (Å²) >= 11 is 0. The lowest BCUT2D eigenvalue weighted by molar-refractivity contribution is -0.125. The fourth-order valence-electron chi connectivity index (χ4n) is 2.83. The Kier molecular flexibility index (Phi) is 5.76. The number of likely N-dealkylation sites (N-methyl/N-ethyl adjacent to an activating group) is 1. The van der Waals surface area contributed by atoms with Crippen molar-refractivity contribution in [3.8, 4) is 0 Å². The van der Waals surface area contributed by atoms with Gasteiger partial charge < -0.3 is 11.1 Å². The topological polar surface area (TPSA) is 58.4 Å². The molecule has 1 aliphatic rings. The Morgan fingerprint density at radius 2 is 2.10 bits per heavy atom. The first-order valence-corrected chi connectivity index (χ1v) is 7.83. The normalized spacial score (nSPS) is 23.2. The standard InChI is InChI=1S/C17H27N3O/c1-13(20(2)12-14-6-4-3-5-7-14)11-19-17(21)15-8-9-16(18)10-15/h3-7,13,15-16H,8-12,18H2,1-2H3,(H,19,21). The summed E-state index contributed by atoms with van der Waals surface area (Å²) in [6.45, 7) is 3.73. The molecule has 1 saturated carbocycles. The van der Waals surface area contributed by atoms with Gasteiger partial charge in [-0.2, -0.15) is 0 Å². The number of hydrogen-bond donors (Lipinski definition) is 2. The van der Waals surface area contributed by atoms with Gasteiger partial charge in [0.1, 0.15) is 0 Å². The smallest absolute Gasteiger partial charge is 0.223 e. The van der Waals surface area contributed by atoms with E-state index in [1.807, 2.05) is 6.07 Å². The van der Waals surface area contributed by atoms with Gasteiger partial charge in [-0.1, -0.05) is 30.3 Å². The van der Waals surface area contributed by atoms with Crippen LogP contribution in [-0.4, -0.2) is 36.5 Å². The molecule has 1 aromatic rings. The van der Waals surface area contributed by atoms with Gasteiger partial charge in [0.2, 0.25) is 5.91 Å². The van der Waals surface area contributed by atoms with Gasteiger partial charge in [0, 0.05) is 31.1 Å². The number of carbonyl (C=O) groups is 1. The van der Waals surface area contributed by atoms with Crippen molar-refractivity contribution in [1.82, 2.24) is 10.2 Å². The number of carbonyl (C=O) groups excluding carboxylic acids is 1. The van der Waals surface area contributed by atoms with Crippen LogP contribution in [0.25, 0.3) is 0 Å². The summed E-state index contributed by atoms with van der Waals surface area (Å²) in [5.41, 5.74) is 7.16. The zero-order valence-corrected chi connectivity index (χ0v) is 13.1. The largest absolute Gasteiger partial charge is 0.354 e. The van der Waals surface area contributed by atoms with E-state index >= 15 is 0 Å². The van der Waals surface area contributed by atoms with Gasteiger partial charge in [-0.15, -0.1) is 0 Å². The molecule has 0 aromatic heterocycles. The first-order valence-electron chi connectivity index (χ1n) is 7.83. The van der Waals surface area contributed by atoms with Gasteiger partial charge in [0.05, 0.1) is 0 Å². The van der Waals surface area contributed by atoms with Crippen LogP contribution in [0.2, 0.25) is 0 Å². The average Bonchev–Trinajstić information content (AvgIpc) is 2.92. The van der Waals surface area contributed by atoms with Crippen molar-refractivity contribution in [3.63, 3.8) is 0 Å². The number of hydrogen-bond acceptors (Lipinski definition) is 3. The molecule has 3 N–H and O–H groups in total. The predicted molar refractivity (Wildman–Crippen MR) is 85.7 cm³/mol. The van der Waals surface area contributed by atoms with Crippen molar-refractivity contribution in [2.45, 2.75) is 44.8 Å². The maximum atomic E-state index is 12.1. The first kappa shape index (κ1) is 16.0. The first-order chi connectivity index (χ1) is 10.1. The Labute approximate surface area is 127 Å². The molecular weight excluding hydrogens is 262 g/mol. The summed E-state index contributed by atoms with van der Waals surface area (Å²) < 4.78 is 0. The van der Waals surface area contributed by atoms with Crippen molar-refractivity contribution in [1.29, 1.82) is 0 Å². The van der Waals surface area contributed by atoms with Crippen molar-refractivity contribution in [2.24, 2.45) is 11.7 Å². The monoisotopic (exact) mass is 289 g/mol. The van der Waals surface area contributed by atoms with Crippen LogP contribution in [0.5, 0.6) is 0 Å². The molecule has 1 aromatic carbocycles. The third-order valence-electron chi connectivity index (χ3n) is 4.44. The molecule has 1 fully saturated rings. The number of amides is 1. The minimum absolute atomic E-state index is 0.117. The van der Waals surface area contributed by atoms with E-state index in [0.717, 1.165) is 25.8 Å². The molecule has 116 valence electrons. The SMILES string of the molecule is CC(CNC(=O)C1CCC(N)C1)N(C)Cc1ccccc1. The van der Waals surface area contributed by atoms with E-state index in [1.165, 1.54) is 5.56 Å². The Morgan fingerprint density at radius 3 is 2.71 bits per heavy atom. The summed E-state index contributed by atoms with van der Waals surface area (Å²) in [6.07, 6.45) is 2.74. The molecule has 0 saturated heterocycles. The Balaban J connectivity index is 1.73. The van der Waals surface area contributed by atoms with Crippen LogP contribution in [0.3, 0.4) is 0 Å². The highest BCUT2D eigenvalue weighted by atomic mass is 16.1. The zero-order chi connectivity index (χ0) is 15.2. The summed E-state index contributed by atoms with van der Waals surface area (Å²) in [7, 11) is 2.09. The van der Waals surface area contributed by atoms with Crippen LogP contribution in [-0.2, 0) is 11.3 Å². The van der Waals surface area contributed by atoms with Crippen LogP contribution in [0.1, 0.15) is 31.7 Å². The Bertz CT molecular complexity index is 449. The lowest BCUT2D eigenvalue weighted by Gasteiger charge is -2.25. The molecule has 1 amide bonds. The summed E-state index contributed by atoms with van der Waals surface area (Å²) in [5, 5.41) is 3.08. The molecule has 0 spiro atoms. The number of nitrogens with zero attached hydrogens (tertiary/aromatic N) is 1. The lowest BCUT2D eigenvalue weighted by Crippen LogP contribution is -2.41. The fraction of sp³-hybridized carbons (Fsp3) is 0.588. The Hall–Kier alpha value is -1.39. The summed E-state index contributed by atoms with van der Waals surface area (Å²) in [4.78, 5) is 14.4. The molecule has 0 heterocycles. The van der Waals surface area contributed by atoms with Gasteiger partial charge in [0.15, 0.2) is 0 Å².